The van der Waals surface area contributed by atoms with Gasteiger partial charge in [0.1, 0.15) is 0 Å². The third-order valence-corrected chi connectivity index (χ3v) is 3.02. The summed E-state index contributed by atoms with van der Waals surface area (Å²) in [5, 5.41) is 0. The summed E-state index contributed by atoms with van der Waals surface area (Å²) in [6.45, 7) is 3.80. The van der Waals surface area contributed by atoms with E-state index in [2.05, 4.69) is 4.93 Å². The Hall–Kier alpha value is 0.610. The minimum atomic E-state index is -0.331. The molecule has 0 amide bonds. The van der Waals surface area contributed by atoms with E-state index in [0.717, 1.165) is 0 Å². The number of nitrogens with two attached hydrogens (primary N) is 2. The molecule has 52 valence electrons. The second-order valence-electron chi connectivity index (χ2n) is 2.13. The zero-order valence-electron chi connectivity index (χ0n) is 5.48. The molecule has 3 nitrogen and oxygen atoms in total. The molecule has 0 unspecified atom stereocenters. The number of hydrogen-bond acceptors (Lipinski definition) is 3. The second kappa shape index (κ2) is 2.95. The zero-order valence-corrected chi connectivity index (χ0v) is 7.64. The van der Waals surface area contributed by atoms with Gasteiger partial charge in [-0.25, -0.2) is 0 Å². The summed E-state index contributed by atoms with van der Waals surface area (Å²) >= 11 is -0.0590. The van der Waals surface area contributed by atoms with E-state index < -0.39 is 0 Å². The molecule has 0 radical (unpaired) electrons. The van der Waals surface area contributed by atoms with E-state index in [0.29, 0.717) is 0 Å². The molecule has 0 aromatic heterocycles. The fourth-order valence-corrected chi connectivity index (χ4v) is 1.46. The van der Waals surface area contributed by atoms with Gasteiger partial charge in [0, 0.05) is 0 Å². The molecule has 0 aromatic rings. The standard InChI is InChI=1S/C4H13IN3/c1-4(2,6)8(7)5-3/h6-7H2,1-3H3/q-1. The van der Waals surface area contributed by atoms with E-state index in [4.69, 9.17) is 11.6 Å². The molecule has 0 saturated heterocycles. The summed E-state index contributed by atoms with van der Waals surface area (Å²) in [6.07, 6.45) is 0. The first kappa shape index (κ1) is 8.61. The van der Waals surface area contributed by atoms with E-state index in [-0.39, 0.29) is 27.1 Å². The molecular weight excluding hydrogens is 217 g/mol. The third-order valence-electron chi connectivity index (χ3n) is 0.733. The van der Waals surface area contributed by atoms with Gasteiger partial charge in [-0.15, -0.1) is 0 Å². The van der Waals surface area contributed by atoms with Crippen LogP contribution in [-0.2, 0) is 0 Å². The molecule has 8 heavy (non-hydrogen) atoms. The summed E-state index contributed by atoms with van der Waals surface area (Å²) in [5.74, 6) is 5.51. The molecule has 0 spiro atoms. The Morgan fingerprint density at radius 3 is 1.88 bits per heavy atom. The van der Waals surface area contributed by atoms with Crippen LogP contribution in [0.5, 0.6) is 0 Å². The topological polar surface area (TPSA) is 55.3 Å². The van der Waals surface area contributed by atoms with Gasteiger partial charge in [0.2, 0.25) is 0 Å². The van der Waals surface area contributed by atoms with Crippen LogP contribution >= 0.6 is 0 Å². The van der Waals surface area contributed by atoms with Crippen molar-refractivity contribution in [1.82, 2.24) is 3.22 Å². The zero-order chi connectivity index (χ0) is 6.78. The number of hydrogen-bond donors (Lipinski definition) is 2. The average molecular weight is 230 g/mol. The maximum absolute atomic E-state index is 5.62. The summed E-state index contributed by atoms with van der Waals surface area (Å²) in [5.41, 5.74) is 5.29. The van der Waals surface area contributed by atoms with Crippen molar-refractivity contribution in [3.8, 4) is 0 Å². The van der Waals surface area contributed by atoms with Crippen molar-refractivity contribution in [3.05, 3.63) is 0 Å². The van der Waals surface area contributed by atoms with Crippen LogP contribution in [0.3, 0.4) is 0 Å². The Labute approximate surface area is 61.0 Å². The number of alkyl halides is 1. The molecule has 0 bridgehead atoms. The van der Waals surface area contributed by atoms with Gasteiger partial charge in [0.25, 0.3) is 0 Å². The summed E-state index contributed by atoms with van der Waals surface area (Å²) < 4.78 is 1.70. The van der Waals surface area contributed by atoms with Crippen molar-refractivity contribution in [2.24, 2.45) is 11.6 Å². The van der Waals surface area contributed by atoms with E-state index in [9.17, 15) is 0 Å². The van der Waals surface area contributed by atoms with Crippen molar-refractivity contribution < 1.29 is 21.5 Å². The first-order chi connectivity index (χ1) is 3.48. The van der Waals surface area contributed by atoms with E-state index in [1.54, 1.807) is 3.22 Å². The van der Waals surface area contributed by atoms with Crippen molar-refractivity contribution in [1.29, 1.82) is 0 Å². The van der Waals surface area contributed by atoms with E-state index in [1.165, 1.54) is 0 Å². The summed E-state index contributed by atoms with van der Waals surface area (Å²) in [6, 6.07) is 0. The fourth-order valence-electron chi connectivity index (χ4n) is 0.218. The second-order valence-corrected chi connectivity index (χ2v) is 4.14. The predicted octanol–water partition coefficient (Wildman–Crippen LogP) is -3.51. The summed E-state index contributed by atoms with van der Waals surface area (Å²) in [4.78, 5) is 2.08. The summed E-state index contributed by atoms with van der Waals surface area (Å²) in [7, 11) is 0. The molecule has 4 heteroatoms. The third kappa shape index (κ3) is 2.81. The van der Waals surface area contributed by atoms with Gasteiger partial charge in [0.05, 0.1) is 0 Å². The predicted molar refractivity (Wildman–Crippen MR) is 30.2 cm³/mol. The Morgan fingerprint density at radius 1 is 1.50 bits per heavy atom. The number of nitrogens with zero attached hydrogens (tertiary/aromatic N) is 1. The molecule has 0 aromatic carbocycles. The molecule has 0 atom stereocenters. The molecule has 0 aliphatic rings. The molecule has 0 heterocycles. The molecular formula is C4H13IN3-. The quantitative estimate of drug-likeness (QED) is 0.129. The monoisotopic (exact) mass is 230 g/mol. The average Bonchev–Trinajstić information content (AvgIpc) is 1.62. The van der Waals surface area contributed by atoms with Crippen LogP contribution in [0.2, 0.25) is 0 Å². The molecule has 0 aliphatic heterocycles. The van der Waals surface area contributed by atoms with Crippen LogP contribution in [0.15, 0.2) is 0 Å². The first-order valence-electron chi connectivity index (χ1n) is 2.32. The molecule has 4 N–H and O–H groups in total. The van der Waals surface area contributed by atoms with Crippen molar-refractivity contribution in [3.63, 3.8) is 0 Å². The van der Waals surface area contributed by atoms with Gasteiger partial charge < -0.3 is 0 Å². The van der Waals surface area contributed by atoms with E-state index >= 15 is 0 Å². The molecule has 0 aliphatic carbocycles. The Balaban J connectivity index is 3.62. The van der Waals surface area contributed by atoms with Crippen LogP contribution in [0.1, 0.15) is 13.8 Å². The van der Waals surface area contributed by atoms with E-state index in [1.807, 2.05) is 13.8 Å². The van der Waals surface area contributed by atoms with Gasteiger partial charge >= 0.3 is 60.7 Å². The van der Waals surface area contributed by atoms with Crippen LogP contribution < -0.4 is 33.1 Å². The van der Waals surface area contributed by atoms with Crippen LogP contribution in [0.4, 0.5) is 0 Å². The molecule has 0 rings (SSSR count). The SMILES string of the molecule is C[I-]N(N)C(C)(C)N. The number of hydrazine groups is 1. The molecule has 0 saturated carbocycles. The maximum atomic E-state index is 5.62. The first-order valence-corrected chi connectivity index (χ1v) is 5.44. The van der Waals surface area contributed by atoms with Gasteiger partial charge in [-0.1, -0.05) is 0 Å². The minimum absolute atomic E-state index is 0.0590. The van der Waals surface area contributed by atoms with Crippen molar-refractivity contribution in [2.45, 2.75) is 19.5 Å². The fraction of sp³-hybridized carbons (Fsp3) is 1.00. The van der Waals surface area contributed by atoms with Gasteiger partial charge in [-0.3, -0.25) is 0 Å². The van der Waals surface area contributed by atoms with Gasteiger partial charge in [-0.2, -0.15) is 0 Å². The van der Waals surface area contributed by atoms with Crippen molar-refractivity contribution >= 4 is 0 Å². The Morgan fingerprint density at radius 2 is 1.88 bits per heavy atom. The van der Waals surface area contributed by atoms with Crippen molar-refractivity contribution in [2.75, 3.05) is 4.93 Å². The normalized spacial score (nSPS) is 13.2. The Kier molecular flexibility index (Phi) is 3.18. The van der Waals surface area contributed by atoms with Crippen LogP contribution in [0, 0.1) is 0 Å². The Bertz CT molecular complexity index is 68.2. The number of halogens is 1. The number of rotatable bonds is 2. The van der Waals surface area contributed by atoms with Gasteiger partial charge in [0.15, 0.2) is 0 Å². The van der Waals surface area contributed by atoms with Crippen LogP contribution in [0.25, 0.3) is 0 Å². The van der Waals surface area contributed by atoms with Gasteiger partial charge in [-0.05, 0) is 0 Å². The van der Waals surface area contributed by atoms with Crippen LogP contribution in [-0.4, -0.2) is 13.8 Å². The molecule has 0 fully saturated rings.